The summed E-state index contributed by atoms with van der Waals surface area (Å²) in [5, 5.41) is 3.57. The van der Waals surface area contributed by atoms with Gasteiger partial charge in [0.1, 0.15) is 0 Å². The lowest BCUT2D eigenvalue weighted by Gasteiger charge is -2.32. The Labute approximate surface area is 128 Å². The fourth-order valence-corrected chi connectivity index (χ4v) is 3.01. The third kappa shape index (κ3) is 4.31. The zero-order valence-corrected chi connectivity index (χ0v) is 13.4. The number of nitrogens with zero attached hydrogens (tertiary/aromatic N) is 1. The summed E-state index contributed by atoms with van der Waals surface area (Å²) in [6.07, 6.45) is 8.40. The van der Waals surface area contributed by atoms with Crippen LogP contribution in [0.2, 0.25) is 0 Å². The quantitative estimate of drug-likeness (QED) is 0.732. The van der Waals surface area contributed by atoms with E-state index in [1.165, 1.54) is 44.1 Å². The normalized spacial score (nSPS) is 17.9. The van der Waals surface area contributed by atoms with Crippen LogP contribution in [0, 0.1) is 0 Å². The van der Waals surface area contributed by atoms with Crippen molar-refractivity contribution in [3.05, 3.63) is 29.8 Å². The summed E-state index contributed by atoms with van der Waals surface area (Å²) in [7, 11) is 1.87. The van der Waals surface area contributed by atoms with Gasteiger partial charge in [0, 0.05) is 25.2 Å². The van der Waals surface area contributed by atoms with Crippen LogP contribution >= 0.6 is 0 Å². The van der Waals surface area contributed by atoms with Crippen LogP contribution in [-0.2, 0) is 4.79 Å². The van der Waals surface area contributed by atoms with Crippen LogP contribution in [0.25, 0.3) is 0 Å². The van der Waals surface area contributed by atoms with Gasteiger partial charge >= 0.3 is 0 Å². The van der Waals surface area contributed by atoms with E-state index < -0.39 is 0 Å². The summed E-state index contributed by atoms with van der Waals surface area (Å²) in [4.78, 5) is 13.8. The second kappa shape index (κ2) is 8.18. The van der Waals surface area contributed by atoms with E-state index in [2.05, 4.69) is 24.4 Å². The number of fused-ring (bicyclic) bond motifs is 1. The van der Waals surface area contributed by atoms with Gasteiger partial charge in [-0.2, -0.15) is 0 Å². The standard InChI is InChI=1S/C18H28N2O/c1-3-4-5-6-7-10-13-19-16-14-18(21)20(2)17-12-9-8-11-15(16)17/h8-9,11-12,16,19H,3-7,10,13-14H2,1-2H3. The molecule has 0 saturated heterocycles. The van der Waals surface area contributed by atoms with Gasteiger partial charge in [-0.1, -0.05) is 57.2 Å². The highest BCUT2D eigenvalue weighted by atomic mass is 16.2. The Balaban J connectivity index is 1.81. The van der Waals surface area contributed by atoms with Crippen molar-refractivity contribution >= 4 is 11.6 Å². The maximum absolute atomic E-state index is 12.1. The van der Waals surface area contributed by atoms with Crippen molar-refractivity contribution in [3.8, 4) is 0 Å². The minimum Gasteiger partial charge on any atom is -0.315 e. The molecule has 2 rings (SSSR count). The molecule has 3 heteroatoms. The first-order valence-corrected chi connectivity index (χ1v) is 8.33. The van der Waals surface area contributed by atoms with Crippen LogP contribution in [0.3, 0.4) is 0 Å². The molecular weight excluding hydrogens is 260 g/mol. The molecule has 1 aromatic carbocycles. The monoisotopic (exact) mass is 288 g/mol. The van der Waals surface area contributed by atoms with Crippen molar-refractivity contribution in [1.82, 2.24) is 5.32 Å². The van der Waals surface area contributed by atoms with Crippen molar-refractivity contribution in [3.63, 3.8) is 0 Å². The number of rotatable bonds is 8. The first kappa shape index (κ1) is 16.0. The Morgan fingerprint density at radius 3 is 2.67 bits per heavy atom. The number of anilines is 1. The highest BCUT2D eigenvalue weighted by Crippen LogP contribution is 2.33. The van der Waals surface area contributed by atoms with E-state index in [4.69, 9.17) is 0 Å². The predicted molar refractivity (Wildman–Crippen MR) is 88.6 cm³/mol. The van der Waals surface area contributed by atoms with Gasteiger partial charge in [0.05, 0.1) is 0 Å². The van der Waals surface area contributed by atoms with Crippen molar-refractivity contribution in [2.24, 2.45) is 0 Å². The summed E-state index contributed by atoms with van der Waals surface area (Å²) in [6.45, 7) is 3.25. The lowest BCUT2D eigenvalue weighted by Crippen LogP contribution is -2.38. The molecule has 1 aromatic rings. The molecule has 1 aliphatic heterocycles. The van der Waals surface area contributed by atoms with Crippen LogP contribution in [0.5, 0.6) is 0 Å². The van der Waals surface area contributed by atoms with Crippen molar-refractivity contribution in [2.45, 2.75) is 57.9 Å². The van der Waals surface area contributed by atoms with E-state index in [9.17, 15) is 4.79 Å². The number of unbranched alkanes of at least 4 members (excludes halogenated alkanes) is 5. The van der Waals surface area contributed by atoms with Crippen LogP contribution in [0.15, 0.2) is 24.3 Å². The topological polar surface area (TPSA) is 32.3 Å². The molecule has 1 unspecified atom stereocenters. The summed E-state index contributed by atoms with van der Waals surface area (Å²) in [5.74, 6) is 0.203. The number of hydrogen-bond acceptors (Lipinski definition) is 2. The van der Waals surface area contributed by atoms with Crippen molar-refractivity contribution in [2.75, 3.05) is 18.5 Å². The largest absolute Gasteiger partial charge is 0.315 e. The average molecular weight is 288 g/mol. The third-order valence-corrected chi connectivity index (χ3v) is 4.35. The SMILES string of the molecule is CCCCCCCCNC1CC(=O)N(C)c2ccccc21. The first-order valence-electron chi connectivity index (χ1n) is 8.33. The Bertz CT molecular complexity index is 458. The van der Waals surface area contributed by atoms with E-state index in [0.29, 0.717) is 6.42 Å². The molecule has 0 saturated carbocycles. The summed E-state index contributed by atoms with van der Waals surface area (Å²) >= 11 is 0. The molecule has 1 atom stereocenters. The minimum absolute atomic E-state index is 0.181. The predicted octanol–water partition coefficient (Wildman–Crippen LogP) is 4.04. The molecule has 1 amide bonds. The lowest BCUT2D eigenvalue weighted by atomic mass is 9.96. The summed E-state index contributed by atoms with van der Waals surface area (Å²) < 4.78 is 0. The molecule has 116 valence electrons. The van der Waals surface area contributed by atoms with Crippen LogP contribution in [0.1, 0.15) is 63.5 Å². The van der Waals surface area contributed by atoms with Crippen LogP contribution in [0.4, 0.5) is 5.69 Å². The van der Waals surface area contributed by atoms with Crippen molar-refractivity contribution < 1.29 is 4.79 Å². The maximum Gasteiger partial charge on any atom is 0.228 e. The highest BCUT2D eigenvalue weighted by molar-refractivity contribution is 5.96. The Morgan fingerprint density at radius 2 is 1.86 bits per heavy atom. The number of carbonyl (C=O) groups excluding carboxylic acids is 1. The van der Waals surface area contributed by atoms with E-state index in [0.717, 1.165) is 12.2 Å². The Hall–Kier alpha value is -1.35. The minimum atomic E-state index is 0.181. The van der Waals surface area contributed by atoms with Gasteiger partial charge in [0.25, 0.3) is 0 Å². The molecular formula is C18H28N2O. The number of para-hydroxylation sites is 1. The second-order valence-electron chi connectivity index (χ2n) is 5.99. The van der Waals surface area contributed by atoms with Gasteiger partial charge in [-0.05, 0) is 24.6 Å². The van der Waals surface area contributed by atoms with E-state index >= 15 is 0 Å². The zero-order valence-electron chi connectivity index (χ0n) is 13.4. The molecule has 0 aliphatic carbocycles. The Kier molecular flexibility index (Phi) is 6.24. The number of carbonyl (C=O) groups is 1. The fraction of sp³-hybridized carbons (Fsp3) is 0.611. The molecule has 0 bridgehead atoms. The first-order chi connectivity index (χ1) is 10.2. The molecule has 21 heavy (non-hydrogen) atoms. The molecule has 3 nitrogen and oxygen atoms in total. The Morgan fingerprint density at radius 1 is 1.14 bits per heavy atom. The number of nitrogens with one attached hydrogen (secondary N) is 1. The second-order valence-corrected chi connectivity index (χ2v) is 5.99. The highest BCUT2D eigenvalue weighted by Gasteiger charge is 2.28. The van der Waals surface area contributed by atoms with Gasteiger partial charge in [-0.3, -0.25) is 4.79 Å². The average Bonchev–Trinajstić information content (AvgIpc) is 2.51. The zero-order chi connectivity index (χ0) is 15.1. The molecule has 0 fully saturated rings. The van der Waals surface area contributed by atoms with Gasteiger partial charge in [0.2, 0.25) is 5.91 Å². The van der Waals surface area contributed by atoms with Crippen LogP contribution in [-0.4, -0.2) is 19.5 Å². The van der Waals surface area contributed by atoms with E-state index in [1.807, 2.05) is 19.2 Å². The van der Waals surface area contributed by atoms with E-state index in [-0.39, 0.29) is 11.9 Å². The lowest BCUT2D eigenvalue weighted by molar-refractivity contribution is -0.119. The number of benzene rings is 1. The molecule has 1 aliphatic rings. The fourth-order valence-electron chi connectivity index (χ4n) is 3.01. The summed E-state index contributed by atoms with van der Waals surface area (Å²) in [5.41, 5.74) is 2.31. The smallest absolute Gasteiger partial charge is 0.228 e. The van der Waals surface area contributed by atoms with Gasteiger partial charge in [-0.15, -0.1) is 0 Å². The molecule has 1 N–H and O–H groups in total. The number of hydrogen-bond donors (Lipinski definition) is 1. The molecule has 1 heterocycles. The van der Waals surface area contributed by atoms with Gasteiger partial charge in [-0.25, -0.2) is 0 Å². The molecule has 0 radical (unpaired) electrons. The maximum atomic E-state index is 12.1. The number of amides is 1. The van der Waals surface area contributed by atoms with E-state index in [1.54, 1.807) is 4.90 Å². The molecule has 0 spiro atoms. The van der Waals surface area contributed by atoms with Crippen molar-refractivity contribution in [1.29, 1.82) is 0 Å². The van der Waals surface area contributed by atoms with Crippen LogP contribution < -0.4 is 10.2 Å². The third-order valence-electron chi connectivity index (χ3n) is 4.35. The van der Waals surface area contributed by atoms with Gasteiger partial charge in [0.15, 0.2) is 0 Å². The van der Waals surface area contributed by atoms with Gasteiger partial charge < -0.3 is 10.2 Å². The molecule has 0 aromatic heterocycles. The summed E-state index contributed by atoms with van der Waals surface area (Å²) in [6, 6.07) is 8.41.